The maximum absolute atomic E-state index is 12.5. The summed E-state index contributed by atoms with van der Waals surface area (Å²) in [5.74, 6) is -1.36. The molecule has 0 N–H and O–H groups in total. The van der Waals surface area contributed by atoms with E-state index in [1.165, 1.54) is 0 Å². The summed E-state index contributed by atoms with van der Waals surface area (Å²) in [6.07, 6.45) is -2.56. The monoisotopic (exact) mass is 186 g/mol. The normalized spacial score (nSPS) is 9.85. The highest BCUT2D eigenvalue weighted by Gasteiger charge is 2.05. The van der Waals surface area contributed by atoms with Crippen LogP contribution in [0.2, 0.25) is 0 Å². The number of hydrogen-bond acceptors (Lipinski definition) is 0. The summed E-state index contributed by atoms with van der Waals surface area (Å²) in [6, 6.07) is 6.85. The molecule has 0 amide bonds. The quantitative estimate of drug-likeness (QED) is 0.661. The Morgan fingerprint density at radius 3 is 2.46 bits per heavy atom. The van der Waals surface area contributed by atoms with Crippen LogP contribution >= 0.6 is 0 Å². The number of rotatable bonds is 2. The first-order valence-electron chi connectivity index (χ1n) is 3.85. The number of halogens is 3. The van der Waals surface area contributed by atoms with Gasteiger partial charge in [0.25, 0.3) is 0 Å². The summed E-state index contributed by atoms with van der Waals surface area (Å²) in [7, 11) is 0. The van der Waals surface area contributed by atoms with Crippen molar-refractivity contribution in [2.75, 3.05) is 0 Å². The van der Waals surface area contributed by atoms with E-state index in [0.717, 1.165) is 5.56 Å². The Morgan fingerprint density at radius 1 is 1.23 bits per heavy atom. The molecule has 0 saturated heterocycles. The molecule has 0 aliphatic heterocycles. The molecule has 0 aliphatic rings. The van der Waals surface area contributed by atoms with Crippen molar-refractivity contribution in [2.24, 2.45) is 0 Å². The molecule has 1 aromatic carbocycles. The maximum atomic E-state index is 12.5. The lowest BCUT2D eigenvalue weighted by Gasteiger charge is -1.99. The van der Waals surface area contributed by atoms with E-state index in [-0.39, 0.29) is 6.42 Å². The van der Waals surface area contributed by atoms with Gasteiger partial charge in [-0.05, 0) is 12.5 Å². The highest BCUT2D eigenvalue weighted by Crippen LogP contribution is 2.16. The van der Waals surface area contributed by atoms with Crippen LogP contribution in [-0.2, 0) is 6.42 Å². The third-order valence-electron chi connectivity index (χ3n) is 1.65. The number of hydrogen-bond donors (Lipinski definition) is 0. The van der Waals surface area contributed by atoms with Crippen LogP contribution in [-0.4, -0.2) is 0 Å². The molecule has 0 saturated carbocycles. The zero-order valence-corrected chi connectivity index (χ0v) is 7.15. The van der Waals surface area contributed by atoms with E-state index in [1.54, 1.807) is 18.2 Å². The molecular formula is C10H9F3. The molecule has 0 radical (unpaired) electrons. The zero-order valence-electron chi connectivity index (χ0n) is 7.15. The Bertz CT molecular complexity index is 325. The molecule has 3 heteroatoms. The molecule has 13 heavy (non-hydrogen) atoms. The molecule has 1 aromatic rings. The predicted molar refractivity (Wildman–Crippen MR) is 45.2 cm³/mol. The summed E-state index contributed by atoms with van der Waals surface area (Å²) in [6.45, 7) is 1.83. The Morgan fingerprint density at radius 2 is 1.92 bits per heavy atom. The van der Waals surface area contributed by atoms with Crippen LogP contribution in [0.25, 0.3) is 0 Å². The standard InChI is InChI=1S/C10H9F3/c1-7-3-2-4-8(5-7)6-9(11)10(12)13/h2-5H,6H2,1H3. The van der Waals surface area contributed by atoms with Crippen molar-refractivity contribution in [3.63, 3.8) is 0 Å². The van der Waals surface area contributed by atoms with E-state index >= 15 is 0 Å². The van der Waals surface area contributed by atoms with Crippen LogP contribution < -0.4 is 0 Å². The summed E-state index contributed by atoms with van der Waals surface area (Å²) in [5, 5.41) is 0. The van der Waals surface area contributed by atoms with E-state index in [4.69, 9.17) is 0 Å². The van der Waals surface area contributed by atoms with Crippen molar-refractivity contribution in [3.8, 4) is 0 Å². The second-order valence-corrected chi connectivity index (χ2v) is 2.83. The predicted octanol–water partition coefficient (Wildman–Crippen LogP) is 3.62. The van der Waals surface area contributed by atoms with Gasteiger partial charge in [0.1, 0.15) is 0 Å². The lowest BCUT2D eigenvalue weighted by Crippen LogP contribution is -1.87. The average Bonchev–Trinajstić information content (AvgIpc) is 2.04. The fourth-order valence-corrected chi connectivity index (χ4v) is 1.07. The smallest absolute Gasteiger partial charge is 0.206 e. The van der Waals surface area contributed by atoms with Crippen molar-refractivity contribution in [1.82, 2.24) is 0 Å². The van der Waals surface area contributed by atoms with Gasteiger partial charge < -0.3 is 0 Å². The van der Waals surface area contributed by atoms with Gasteiger partial charge in [-0.15, -0.1) is 0 Å². The van der Waals surface area contributed by atoms with Gasteiger partial charge in [-0.2, -0.15) is 8.78 Å². The molecule has 0 fully saturated rings. The van der Waals surface area contributed by atoms with E-state index < -0.39 is 11.9 Å². The first-order chi connectivity index (χ1) is 6.09. The summed E-state index contributed by atoms with van der Waals surface area (Å²) < 4.78 is 35.9. The minimum Gasteiger partial charge on any atom is -0.206 e. The number of benzene rings is 1. The van der Waals surface area contributed by atoms with Crippen LogP contribution in [0, 0.1) is 6.92 Å². The van der Waals surface area contributed by atoms with Crippen molar-refractivity contribution in [2.45, 2.75) is 13.3 Å². The Labute approximate surface area is 74.7 Å². The first-order valence-corrected chi connectivity index (χ1v) is 3.85. The lowest BCUT2D eigenvalue weighted by molar-refractivity contribution is 0.374. The molecular weight excluding hydrogens is 177 g/mol. The third-order valence-corrected chi connectivity index (χ3v) is 1.65. The Balaban J connectivity index is 2.81. The van der Waals surface area contributed by atoms with Crippen LogP contribution in [0.1, 0.15) is 11.1 Å². The third kappa shape index (κ3) is 2.93. The van der Waals surface area contributed by atoms with Crippen molar-refractivity contribution in [3.05, 3.63) is 47.3 Å². The van der Waals surface area contributed by atoms with E-state index in [9.17, 15) is 13.2 Å². The van der Waals surface area contributed by atoms with Crippen molar-refractivity contribution >= 4 is 0 Å². The topological polar surface area (TPSA) is 0 Å². The first kappa shape index (κ1) is 9.84. The molecule has 1 rings (SSSR count). The van der Waals surface area contributed by atoms with Crippen molar-refractivity contribution < 1.29 is 13.2 Å². The number of allylic oxidation sites excluding steroid dienone is 1. The van der Waals surface area contributed by atoms with Gasteiger partial charge in [-0.25, -0.2) is 4.39 Å². The summed E-state index contributed by atoms with van der Waals surface area (Å²) in [5.41, 5.74) is 1.50. The number of aryl methyl sites for hydroxylation is 1. The average molecular weight is 186 g/mol. The van der Waals surface area contributed by atoms with Gasteiger partial charge in [0.05, 0.1) is 0 Å². The van der Waals surface area contributed by atoms with Crippen LogP contribution in [0.3, 0.4) is 0 Å². The minimum absolute atomic E-state index is 0.329. The highest BCUT2D eigenvalue weighted by atomic mass is 19.3. The molecule has 0 heterocycles. The molecule has 0 bridgehead atoms. The Kier molecular flexibility index (Phi) is 3.12. The van der Waals surface area contributed by atoms with Gasteiger partial charge >= 0.3 is 6.08 Å². The highest BCUT2D eigenvalue weighted by molar-refractivity contribution is 5.25. The van der Waals surface area contributed by atoms with Gasteiger partial charge in [0.2, 0.25) is 0 Å². The molecule has 0 aromatic heterocycles. The molecule has 70 valence electrons. The van der Waals surface area contributed by atoms with Crippen molar-refractivity contribution in [1.29, 1.82) is 0 Å². The molecule has 0 nitrogen and oxygen atoms in total. The maximum Gasteiger partial charge on any atom is 0.301 e. The minimum atomic E-state index is -2.23. The van der Waals surface area contributed by atoms with E-state index in [0.29, 0.717) is 5.56 Å². The van der Waals surface area contributed by atoms with Crippen LogP contribution in [0.4, 0.5) is 13.2 Å². The molecule has 0 atom stereocenters. The molecule has 0 aliphatic carbocycles. The Hall–Kier alpha value is -1.25. The SMILES string of the molecule is Cc1cccc(CC(F)=C(F)F)c1. The van der Waals surface area contributed by atoms with Crippen LogP contribution in [0.15, 0.2) is 36.2 Å². The fourth-order valence-electron chi connectivity index (χ4n) is 1.07. The van der Waals surface area contributed by atoms with E-state index in [2.05, 4.69) is 0 Å². The van der Waals surface area contributed by atoms with Gasteiger partial charge in [0, 0.05) is 6.42 Å². The van der Waals surface area contributed by atoms with Crippen LogP contribution in [0.5, 0.6) is 0 Å². The lowest BCUT2D eigenvalue weighted by atomic mass is 10.1. The zero-order chi connectivity index (χ0) is 9.84. The summed E-state index contributed by atoms with van der Waals surface area (Å²) in [4.78, 5) is 0. The second-order valence-electron chi connectivity index (χ2n) is 2.83. The largest absolute Gasteiger partial charge is 0.301 e. The van der Waals surface area contributed by atoms with Gasteiger partial charge in [0.15, 0.2) is 5.83 Å². The molecule has 0 spiro atoms. The fraction of sp³-hybridized carbons (Fsp3) is 0.200. The molecule has 0 unspecified atom stereocenters. The second kappa shape index (κ2) is 4.12. The van der Waals surface area contributed by atoms with E-state index in [1.807, 2.05) is 13.0 Å². The van der Waals surface area contributed by atoms with Gasteiger partial charge in [-0.3, -0.25) is 0 Å². The van der Waals surface area contributed by atoms with Gasteiger partial charge in [-0.1, -0.05) is 29.8 Å². The summed E-state index contributed by atoms with van der Waals surface area (Å²) >= 11 is 0.